The van der Waals surface area contributed by atoms with Gasteiger partial charge in [0.15, 0.2) is 0 Å². The van der Waals surface area contributed by atoms with E-state index in [9.17, 15) is 4.79 Å². The molecule has 0 spiro atoms. The summed E-state index contributed by atoms with van der Waals surface area (Å²) in [7, 11) is 0. The van der Waals surface area contributed by atoms with Gasteiger partial charge in [0.25, 0.3) is 5.91 Å². The van der Waals surface area contributed by atoms with Gasteiger partial charge in [0.2, 0.25) is 0 Å². The molecule has 1 aromatic rings. The Hall–Kier alpha value is -1.29. The summed E-state index contributed by atoms with van der Waals surface area (Å²) < 4.78 is 0. The molecule has 1 fully saturated rings. The van der Waals surface area contributed by atoms with Crippen LogP contribution in [0.2, 0.25) is 5.02 Å². The van der Waals surface area contributed by atoms with Crippen LogP contribution >= 0.6 is 11.6 Å². The maximum absolute atomic E-state index is 12.6. The van der Waals surface area contributed by atoms with E-state index >= 15 is 0 Å². The van der Waals surface area contributed by atoms with Crippen LogP contribution in [0.5, 0.6) is 0 Å². The molecule has 0 aromatic carbocycles. The third kappa shape index (κ3) is 3.88. The Morgan fingerprint density at radius 3 is 2.71 bits per heavy atom. The zero-order valence-electron chi connectivity index (χ0n) is 13.0. The van der Waals surface area contributed by atoms with Crippen LogP contribution in [-0.4, -0.2) is 28.9 Å². The van der Waals surface area contributed by atoms with Crippen molar-refractivity contribution in [3.63, 3.8) is 0 Å². The summed E-state index contributed by atoms with van der Waals surface area (Å²) in [4.78, 5) is 18.4. The van der Waals surface area contributed by atoms with Crippen molar-refractivity contribution in [2.24, 2.45) is 11.3 Å². The van der Waals surface area contributed by atoms with Crippen LogP contribution in [0.15, 0.2) is 12.3 Å². The molecule has 0 bridgehead atoms. The second-order valence-corrected chi connectivity index (χ2v) is 7.28. The number of nitrogens with two attached hydrogens (primary N) is 1. The number of nitrogen functional groups attached to an aromatic ring is 1. The molecule has 1 atom stereocenters. The van der Waals surface area contributed by atoms with Crippen molar-refractivity contribution in [1.82, 2.24) is 9.88 Å². The van der Waals surface area contributed by atoms with Crippen molar-refractivity contribution in [2.45, 2.75) is 40.0 Å². The number of carbonyl (C=O) groups is 1. The quantitative estimate of drug-likeness (QED) is 0.862. The monoisotopic (exact) mass is 309 g/mol. The number of amides is 1. The van der Waals surface area contributed by atoms with Gasteiger partial charge >= 0.3 is 0 Å². The van der Waals surface area contributed by atoms with Crippen LogP contribution < -0.4 is 5.73 Å². The number of carbonyl (C=O) groups excluding carboxylic acids is 1. The fourth-order valence-electron chi connectivity index (χ4n) is 2.91. The summed E-state index contributed by atoms with van der Waals surface area (Å²) in [6.07, 6.45) is 4.78. The number of rotatable bonds is 1. The first-order valence-corrected chi connectivity index (χ1v) is 7.87. The van der Waals surface area contributed by atoms with Gasteiger partial charge in [-0.2, -0.15) is 0 Å². The summed E-state index contributed by atoms with van der Waals surface area (Å²) in [6.45, 7) is 8.42. The average molecular weight is 310 g/mol. The topological polar surface area (TPSA) is 59.2 Å². The highest BCUT2D eigenvalue weighted by molar-refractivity contribution is 6.33. The molecule has 1 aliphatic rings. The smallest absolute Gasteiger partial charge is 0.255 e. The lowest BCUT2D eigenvalue weighted by Crippen LogP contribution is -2.32. The van der Waals surface area contributed by atoms with Crippen molar-refractivity contribution >= 4 is 23.3 Å². The molecule has 1 saturated heterocycles. The summed E-state index contributed by atoms with van der Waals surface area (Å²) in [5.41, 5.74) is 6.40. The van der Waals surface area contributed by atoms with Crippen LogP contribution in [0.3, 0.4) is 0 Å². The van der Waals surface area contributed by atoms with Gasteiger partial charge in [-0.1, -0.05) is 32.4 Å². The molecule has 1 aliphatic heterocycles. The Morgan fingerprint density at radius 2 is 2.10 bits per heavy atom. The summed E-state index contributed by atoms with van der Waals surface area (Å²) in [6, 6.07) is 1.61. The molecule has 2 N–H and O–H groups in total. The highest BCUT2D eigenvalue weighted by Gasteiger charge is 2.28. The second kappa shape index (κ2) is 6.22. The lowest BCUT2D eigenvalue weighted by molar-refractivity contribution is 0.0755. The minimum atomic E-state index is -0.000964. The number of hydrogen-bond acceptors (Lipinski definition) is 3. The van der Waals surface area contributed by atoms with E-state index in [0.717, 1.165) is 25.9 Å². The number of anilines is 1. The first kappa shape index (κ1) is 16.1. The van der Waals surface area contributed by atoms with Crippen LogP contribution in [0, 0.1) is 11.3 Å². The largest absolute Gasteiger partial charge is 0.382 e. The van der Waals surface area contributed by atoms with Gasteiger partial charge in [0.1, 0.15) is 5.82 Å². The van der Waals surface area contributed by atoms with E-state index in [-0.39, 0.29) is 11.7 Å². The molecule has 5 heteroatoms. The Labute approximate surface area is 131 Å². The Morgan fingerprint density at radius 1 is 1.38 bits per heavy atom. The molecule has 4 nitrogen and oxygen atoms in total. The van der Waals surface area contributed by atoms with E-state index in [1.165, 1.54) is 12.6 Å². The number of nitrogens with zero attached hydrogens (tertiary/aromatic N) is 2. The van der Waals surface area contributed by atoms with Crippen LogP contribution in [-0.2, 0) is 0 Å². The van der Waals surface area contributed by atoms with Crippen LogP contribution in [0.1, 0.15) is 50.4 Å². The van der Waals surface area contributed by atoms with Gasteiger partial charge in [-0.05, 0) is 36.7 Å². The average Bonchev–Trinajstić information content (AvgIpc) is 2.66. The van der Waals surface area contributed by atoms with E-state index in [2.05, 4.69) is 25.8 Å². The van der Waals surface area contributed by atoms with Gasteiger partial charge in [0.05, 0.1) is 10.6 Å². The van der Waals surface area contributed by atoms with Crippen molar-refractivity contribution in [3.05, 3.63) is 22.8 Å². The molecule has 2 rings (SSSR count). The summed E-state index contributed by atoms with van der Waals surface area (Å²) in [5, 5.41) is 0.336. The Bertz CT molecular complexity index is 525. The number of likely N-dealkylation sites (tertiary alicyclic amines) is 1. The fourth-order valence-corrected chi connectivity index (χ4v) is 3.08. The normalized spacial score (nSPS) is 20.2. The summed E-state index contributed by atoms with van der Waals surface area (Å²) >= 11 is 5.95. The van der Waals surface area contributed by atoms with Crippen molar-refractivity contribution in [2.75, 3.05) is 18.8 Å². The lowest BCUT2D eigenvalue weighted by Gasteiger charge is -2.29. The molecule has 2 heterocycles. The standard InChI is InChI=1S/C16H24ClN3O/c1-16(2,3)12-5-4-7-20(8-6-12)15(21)11-9-13(17)14(18)19-10-11/h9-10,12H,4-8H2,1-3H3,(H2,18,19). The van der Waals surface area contributed by atoms with E-state index in [1.807, 2.05) is 4.90 Å². The molecule has 0 radical (unpaired) electrons. The van der Waals surface area contributed by atoms with Crippen molar-refractivity contribution in [3.8, 4) is 0 Å². The minimum absolute atomic E-state index is 0.000964. The first-order valence-electron chi connectivity index (χ1n) is 7.49. The third-order valence-electron chi connectivity index (χ3n) is 4.36. The molecule has 1 amide bonds. The number of hydrogen-bond donors (Lipinski definition) is 1. The van der Waals surface area contributed by atoms with E-state index in [4.69, 9.17) is 17.3 Å². The molecule has 21 heavy (non-hydrogen) atoms. The fraction of sp³-hybridized carbons (Fsp3) is 0.625. The Kier molecular flexibility index (Phi) is 4.77. The second-order valence-electron chi connectivity index (χ2n) is 6.88. The molecular weight excluding hydrogens is 286 g/mol. The molecular formula is C16H24ClN3O. The minimum Gasteiger partial charge on any atom is -0.382 e. The van der Waals surface area contributed by atoms with Gasteiger partial charge in [-0.3, -0.25) is 4.79 Å². The maximum Gasteiger partial charge on any atom is 0.255 e. The van der Waals surface area contributed by atoms with Gasteiger partial charge in [-0.15, -0.1) is 0 Å². The van der Waals surface area contributed by atoms with Crippen molar-refractivity contribution in [1.29, 1.82) is 0 Å². The van der Waals surface area contributed by atoms with Crippen LogP contribution in [0.4, 0.5) is 5.82 Å². The first-order chi connectivity index (χ1) is 9.79. The molecule has 1 unspecified atom stereocenters. The molecule has 0 saturated carbocycles. The SMILES string of the molecule is CC(C)(C)C1CCCN(C(=O)c2cnc(N)c(Cl)c2)CC1. The number of aromatic nitrogens is 1. The zero-order valence-corrected chi connectivity index (χ0v) is 13.8. The van der Waals surface area contributed by atoms with E-state index in [1.54, 1.807) is 6.07 Å². The molecule has 1 aromatic heterocycles. The lowest BCUT2D eigenvalue weighted by atomic mass is 9.77. The zero-order chi connectivity index (χ0) is 15.6. The molecule has 116 valence electrons. The Balaban J connectivity index is 2.08. The number of halogens is 1. The number of pyridine rings is 1. The van der Waals surface area contributed by atoms with Gasteiger partial charge in [-0.25, -0.2) is 4.98 Å². The van der Waals surface area contributed by atoms with Gasteiger partial charge < -0.3 is 10.6 Å². The highest BCUT2D eigenvalue weighted by Crippen LogP contribution is 2.34. The van der Waals surface area contributed by atoms with Crippen molar-refractivity contribution < 1.29 is 4.79 Å². The van der Waals surface area contributed by atoms with E-state index in [0.29, 0.717) is 21.9 Å². The highest BCUT2D eigenvalue weighted by atomic mass is 35.5. The summed E-state index contributed by atoms with van der Waals surface area (Å²) in [5.74, 6) is 0.916. The van der Waals surface area contributed by atoms with E-state index < -0.39 is 0 Å². The van der Waals surface area contributed by atoms with Gasteiger partial charge in [0, 0.05) is 19.3 Å². The third-order valence-corrected chi connectivity index (χ3v) is 4.66. The molecule has 0 aliphatic carbocycles. The predicted octanol–water partition coefficient (Wildman–Crippen LogP) is 3.61. The maximum atomic E-state index is 12.6. The predicted molar refractivity (Wildman–Crippen MR) is 86.4 cm³/mol. The van der Waals surface area contributed by atoms with Crippen LogP contribution in [0.25, 0.3) is 0 Å².